The summed E-state index contributed by atoms with van der Waals surface area (Å²) in [6.45, 7) is 4.58. The van der Waals surface area contributed by atoms with Gasteiger partial charge in [-0.15, -0.1) is 0 Å². The maximum Gasteiger partial charge on any atom is 0.134 e. The van der Waals surface area contributed by atoms with E-state index in [0.717, 1.165) is 5.82 Å². The standard InChI is InChI=1S/C11H16ClN3/c1-11(2)5-3-4-8(11)15-10-6-9(12)13-7-14-10/h6-8H,3-5H2,1-2H3,(H,13,14,15). The molecule has 1 aromatic rings. The molecule has 0 aromatic carbocycles. The summed E-state index contributed by atoms with van der Waals surface area (Å²) in [6.07, 6.45) is 5.24. The minimum Gasteiger partial charge on any atom is -0.367 e. The van der Waals surface area contributed by atoms with E-state index < -0.39 is 0 Å². The third-order valence-electron chi connectivity index (χ3n) is 3.21. The summed E-state index contributed by atoms with van der Waals surface area (Å²) in [5, 5.41) is 3.93. The lowest BCUT2D eigenvalue weighted by molar-refractivity contribution is 0.349. The molecule has 1 N–H and O–H groups in total. The normalized spacial score (nSPS) is 24.1. The average molecular weight is 226 g/mol. The van der Waals surface area contributed by atoms with Crippen LogP contribution in [0.1, 0.15) is 33.1 Å². The highest BCUT2D eigenvalue weighted by Gasteiger charge is 2.34. The second kappa shape index (κ2) is 3.97. The molecule has 1 aromatic heterocycles. The molecule has 3 nitrogen and oxygen atoms in total. The first-order valence-corrected chi connectivity index (χ1v) is 5.70. The van der Waals surface area contributed by atoms with Crippen molar-refractivity contribution in [2.45, 2.75) is 39.2 Å². The van der Waals surface area contributed by atoms with Gasteiger partial charge in [0.1, 0.15) is 17.3 Å². The maximum atomic E-state index is 5.81. The van der Waals surface area contributed by atoms with Crippen molar-refractivity contribution >= 4 is 17.4 Å². The van der Waals surface area contributed by atoms with Crippen LogP contribution in [0.15, 0.2) is 12.4 Å². The summed E-state index contributed by atoms with van der Waals surface area (Å²) in [5.74, 6) is 0.829. The Morgan fingerprint density at radius 1 is 1.47 bits per heavy atom. The molecule has 1 fully saturated rings. The van der Waals surface area contributed by atoms with Crippen LogP contribution in [0.25, 0.3) is 0 Å². The van der Waals surface area contributed by atoms with E-state index >= 15 is 0 Å². The molecule has 1 heterocycles. The van der Waals surface area contributed by atoms with E-state index in [4.69, 9.17) is 11.6 Å². The van der Waals surface area contributed by atoms with Crippen LogP contribution >= 0.6 is 11.6 Å². The Bertz CT molecular complexity index is 351. The molecule has 4 heteroatoms. The summed E-state index contributed by atoms with van der Waals surface area (Å²) < 4.78 is 0. The molecule has 1 saturated carbocycles. The molecule has 2 rings (SSSR count). The van der Waals surface area contributed by atoms with Crippen LogP contribution in [-0.4, -0.2) is 16.0 Å². The zero-order chi connectivity index (χ0) is 10.9. The molecule has 0 bridgehead atoms. The number of nitrogens with one attached hydrogen (secondary N) is 1. The second-order valence-electron chi connectivity index (χ2n) is 4.80. The van der Waals surface area contributed by atoms with E-state index in [1.807, 2.05) is 0 Å². The van der Waals surface area contributed by atoms with Gasteiger partial charge in [-0.3, -0.25) is 0 Å². The van der Waals surface area contributed by atoms with Crippen LogP contribution in [0.4, 0.5) is 5.82 Å². The SMILES string of the molecule is CC1(C)CCCC1Nc1cc(Cl)ncn1. The molecular formula is C11H16ClN3. The zero-order valence-electron chi connectivity index (χ0n) is 9.13. The van der Waals surface area contributed by atoms with Crippen molar-refractivity contribution in [3.05, 3.63) is 17.5 Å². The molecule has 1 aliphatic carbocycles. The van der Waals surface area contributed by atoms with Crippen molar-refractivity contribution < 1.29 is 0 Å². The first kappa shape index (κ1) is 10.7. The topological polar surface area (TPSA) is 37.8 Å². The van der Waals surface area contributed by atoms with Gasteiger partial charge in [-0.2, -0.15) is 0 Å². The third kappa shape index (κ3) is 2.40. The lowest BCUT2D eigenvalue weighted by Gasteiger charge is -2.28. The van der Waals surface area contributed by atoms with Gasteiger partial charge in [0.15, 0.2) is 0 Å². The van der Waals surface area contributed by atoms with Gasteiger partial charge < -0.3 is 5.32 Å². The van der Waals surface area contributed by atoms with Gasteiger partial charge in [-0.1, -0.05) is 31.9 Å². The predicted molar refractivity (Wildman–Crippen MR) is 62.1 cm³/mol. The van der Waals surface area contributed by atoms with Crippen LogP contribution in [0.2, 0.25) is 5.15 Å². The summed E-state index contributed by atoms with van der Waals surface area (Å²) in [5.41, 5.74) is 0.345. The van der Waals surface area contributed by atoms with E-state index in [0.29, 0.717) is 16.6 Å². The van der Waals surface area contributed by atoms with Crippen LogP contribution in [-0.2, 0) is 0 Å². The lowest BCUT2D eigenvalue weighted by Crippen LogP contribution is -2.31. The van der Waals surface area contributed by atoms with E-state index in [-0.39, 0.29) is 0 Å². The monoisotopic (exact) mass is 225 g/mol. The molecule has 1 atom stereocenters. The quantitative estimate of drug-likeness (QED) is 0.786. The number of nitrogens with zero attached hydrogens (tertiary/aromatic N) is 2. The van der Waals surface area contributed by atoms with Crippen molar-refractivity contribution in [3.8, 4) is 0 Å². The van der Waals surface area contributed by atoms with Gasteiger partial charge in [0.2, 0.25) is 0 Å². The van der Waals surface area contributed by atoms with E-state index in [2.05, 4.69) is 29.1 Å². The molecule has 0 radical (unpaired) electrons. The fourth-order valence-electron chi connectivity index (χ4n) is 2.19. The second-order valence-corrected chi connectivity index (χ2v) is 5.19. The Kier molecular flexibility index (Phi) is 2.83. The maximum absolute atomic E-state index is 5.81. The fraction of sp³-hybridized carbons (Fsp3) is 0.636. The Labute approximate surface area is 95.3 Å². The number of halogens is 1. The van der Waals surface area contributed by atoms with Gasteiger partial charge in [-0.05, 0) is 18.3 Å². The van der Waals surface area contributed by atoms with Gasteiger partial charge in [0.25, 0.3) is 0 Å². The van der Waals surface area contributed by atoms with Crippen molar-refractivity contribution in [1.82, 2.24) is 9.97 Å². The predicted octanol–water partition coefficient (Wildman–Crippen LogP) is 3.12. The highest BCUT2D eigenvalue weighted by molar-refractivity contribution is 6.29. The third-order valence-corrected chi connectivity index (χ3v) is 3.42. The summed E-state index contributed by atoms with van der Waals surface area (Å²) in [4.78, 5) is 8.03. The van der Waals surface area contributed by atoms with E-state index in [9.17, 15) is 0 Å². The molecule has 1 unspecified atom stereocenters. The van der Waals surface area contributed by atoms with Crippen molar-refractivity contribution in [3.63, 3.8) is 0 Å². The smallest absolute Gasteiger partial charge is 0.134 e. The van der Waals surface area contributed by atoms with Crippen molar-refractivity contribution in [1.29, 1.82) is 0 Å². The Morgan fingerprint density at radius 2 is 2.27 bits per heavy atom. The van der Waals surface area contributed by atoms with Gasteiger partial charge in [0, 0.05) is 12.1 Å². The largest absolute Gasteiger partial charge is 0.367 e. The molecule has 0 aliphatic heterocycles. The average Bonchev–Trinajstić information content (AvgIpc) is 2.46. The highest BCUT2D eigenvalue weighted by Crippen LogP contribution is 2.38. The first-order valence-electron chi connectivity index (χ1n) is 5.32. The molecular weight excluding hydrogens is 210 g/mol. The Hall–Kier alpha value is -0.830. The number of rotatable bonds is 2. The number of hydrogen-bond donors (Lipinski definition) is 1. The van der Waals surface area contributed by atoms with Crippen LogP contribution in [0.5, 0.6) is 0 Å². The van der Waals surface area contributed by atoms with Gasteiger partial charge in [-0.25, -0.2) is 9.97 Å². The molecule has 0 spiro atoms. The van der Waals surface area contributed by atoms with E-state index in [1.54, 1.807) is 6.07 Å². The summed E-state index contributed by atoms with van der Waals surface area (Å²) in [6, 6.07) is 2.26. The van der Waals surface area contributed by atoms with Crippen molar-refractivity contribution in [2.75, 3.05) is 5.32 Å². The zero-order valence-corrected chi connectivity index (χ0v) is 9.88. The van der Waals surface area contributed by atoms with Gasteiger partial charge in [0.05, 0.1) is 0 Å². The van der Waals surface area contributed by atoms with E-state index in [1.165, 1.54) is 25.6 Å². The minimum atomic E-state index is 0.345. The van der Waals surface area contributed by atoms with Gasteiger partial charge >= 0.3 is 0 Å². The highest BCUT2D eigenvalue weighted by atomic mass is 35.5. The molecule has 82 valence electrons. The molecule has 0 saturated heterocycles. The van der Waals surface area contributed by atoms with Crippen LogP contribution in [0.3, 0.4) is 0 Å². The number of anilines is 1. The molecule has 15 heavy (non-hydrogen) atoms. The molecule has 0 amide bonds. The number of hydrogen-bond acceptors (Lipinski definition) is 3. The summed E-state index contributed by atoms with van der Waals surface area (Å²) >= 11 is 5.81. The fourth-order valence-corrected chi connectivity index (χ4v) is 2.33. The number of aromatic nitrogens is 2. The summed E-state index contributed by atoms with van der Waals surface area (Å²) in [7, 11) is 0. The molecule has 1 aliphatic rings. The van der Waals surface area contributed by atoms with Crippen LogP contribution in [0, 0.1) is 5.41 Å². The minimum absolute atomic E-state index is 0.345. The lowest BCUT2D eigenvalue weighted by atomic mass is 9.87. The first-order chi connectivity index (χ1) is 7.08. The van der Waals surface area contributed by atoms with Crippen molar-refractivity contribution in [2.24, 2.45) is 5.41 Å². The Balaban J connectivity index is 2.09. The van der Waals surface area contributed by atoms with Crippen LogP contribution < -0.4 is 5.32 Å². The Morgan fingerprint density at radius 3 is 2.87 bits per heavy atom.